The van der Waals surface area contributed by atoms with E-state index < -0.39 is 0 Å². The summed E-state index contributed by atoms with van der Waals surface area (Å²) in [5, 5.41) is 0. The molecule has 0 radical (unpaired) electrons. The van der Waals surface area contributed by atoms with Crippen molar-refractivity contribution in [1.82, 2.24) is 14.5 Å². The van der Waals surface area contributed by atoms with Crippen LogP contribution < -0.4 is 4.90 Å². The van der Waals surface area contributed by atoms with Crippen LogP contribution in [0.5, 0.6) is 0 Å². The number of piperidine rings is 1. The van der Waals surface area contributed by atoms with Crippen molar-refractivity contribution in [3.63, 3.8) is 0 Å². The summed E-state index contributed by atoms with van der Waals surface area (Å²) in [7, 11) is 3.99. The van der Waals surface area contributed by atoms with Crippen LogP contribution in [0, 0.1) is 5.92 Å². The highest BCUT2D eigenvalue weighted by Gasteiger charge is 2.24. The highest BCUT2D eigenvalue weighted by Crippen LogP contribution is 2.23. The lowest BCUT2D eigenvalue weighted by Gasteiger charge is -2.32. The van der Waals surface area contributed by atoms with E-state index in [1.54, 1.807) is 0 Å². The predicted octanol–water partition coefficient (Wildman–Crippen LogP) is 3.62. The standard InChI is InChI=1S/C21H30N4O/c1-16(2)20-22-10-13-25(20)15-17-8-11-24(12-9-17)21(26)18-6-5-7-19(14-18)23(3)4/h5-7,10,13-14,16-17H,8-9,11-12,15H2,1-4H3. The van der Waals surface area contributed by atoms with Crippen LogP contribution in [-0.2, 0) is 6.54 Å². The Morgan fingerprint density at radius 1 is 1.27 bits per heavy atom. The molecule has 1 aromatic carbocycles. The summed E-state index contributed by atoms with van der Waals surface area (Å²) >= 11 is 0. The van der Waals surface area contributed by atoms with Gasteiger partial charge in [-0.1, -0.05) is 19.9 Å². The van der Waals surface area contributed by atoms with E-state index in [1.165, 1.54) is 0 Å². The highest BCUT2D eigenvalue weighted by molar-refractivity contribution is 5.95. The van der Waals surface area contributed by atoms with E-state index in [0.717, 1.165) is 49.6 Å². The molecule has 0 spiro atoms. The molecule has 2 heterocycles. The molecule has 140 valence electrons. The van der Waals surface area contributed by atoms with Gasteiger partial charge in [-0.3, -0.25) is 4.79 Å². The number of hydrogen-bond donors (Lipinski definition) is 0. The number of benzene rings is 1. The molecular weight excluding hydrogens is 324 g/mol. The molecule has 1 aromatic heterocycles. The van der Waals surface area contributed by atoms with E-state index in [4.69, 9.17) is 0 Å². The summed E-state index contributed by atoms with van der Waals surface area (Å²) in [6.45, 7) is 7.04. The molecule has 0 bridgehead atoms. The number of hydrogen-bond acceptors (Lipinski definition) is 3. The zero-order chi connectivity index (χ0) is 18.7. The first kappa shape index (κ1) is 18.5. The Bertz CT molecular complexity index is 742. The van der Waals surface area contributed by atoms with Gasteiger partial charge >= 0.3 is 0 Å². The van der Waals surface area contributed by atoms with Crippen molar-refractivity contribution in [2.45, 2.75) is 39.2 Å². The van der Waals surface area contributed by atoms with Crippen molar-refractivity contribution in [1.29, 1.82) is 0 Å². The molecule has 2 aromatic rings. The summed E-state index contributed by atoms with van der Waals surface area (Å²) in [5.41, 5.74) is 1.85. The zero-order valence-corrected chi connectivity index (χ0v) is 16.4. The van der Waals surface area contributed by atoms with Crippen molar-refractivity contribution in [2.75, 3.05) is 32.1 Å². The maximum absolute atomic E-state index is 12.8. The Kier molecular flexibility index (Phi) is 5.64. The van der Waals surface area contributed by atoms with Crippen LogP contribution >= 0.6 is 0 Å². The van der Waals surface area contributed by atoms with Crippen molar-refractivity contribution < 1.29 is 4.79 Å². The average Bonchev–Trinajstić information content (AvgIpc) is 3.10. The minimum atomic E-state index is 0.151. The molecule has 26 heavy (non-hydrogen) atoms. The van der Waals surface area contributed by atoms with Gasteiger partial charge in [0.1, 0.15) is 5.82 Å². The maximum Gasteiger partial charge on any atom is 0.253 e. The zero-order valence-electron chi connectivity index (χ0n) is 16.4. The molecule has 0 atom stereocenters. The van der Waals surface area contributed by atoms with Gasteiger partial charge in [-0.15, -0.1) is 0 Å². The second-order valence-electron chi connectivity index (χ2n) is 7.77. The Labute approximate surface area is 156 Å². The summed E-state index contributed by atoms with van der Waals surface area (Å²) < 4.78 is 2.29. The third-order valence-corrected chi connectivity index (χ3v) is 5.23. The molecule has 1 aliphatic rings. The van der Waals surface area contributed by atoms with Crippen LogP contribution in [0.2, 0.25) is 0 Å². The lowest BCUT2D eigenvalue weighted by atomic mass is 9.96. The number of imidazole rings is 1. The Morgan fingerprint density at radius 3 is 2.65 bits per heavy atom. The van der Waals surface area contributed by atoms with E-state index in [9.17, 15) is 4.79 Å². The average molecular weight is 354 g/mol. The number of carbonyl (C=O) groups excluding carboxylic acids is 1. The molecule has 5 nitrogen and oxygen atoms in total. The molecule has 1 aliphatic heterocycles. The van der Waals surface area contributed by atoms with Crippen LogP contribution in [0.1, 0.15) is 48.8 Å². The maximum atomic E-state index is 12.8. The van der Waals surface area contributed by atoms with Gasteiger partial charge in [0.15, 0.2) is 0 Å². The number of anilines is 1. The lowest BCUT2D eigenvalue weighted by Crippen LogP contribution is -2.39. The first-order valence-corrected chi connectivity index (χ1v) is 9.53. The summed E-state index contributed by atoms with van der Waals surface area (Å²) in [6.07, 6.45) is 6.08. The molecular formula is C21H30N4O. The number of aromatic nitrogens is 2. The summed E-state index contributed by atoms with van der Waals surface area (Å²) in [5.74, 6) is 2.36. The first-order valence-electron chi connectivity index (χ1n) is 9.53. The van der Waals surface area contributed by atoms with Crippen molar-refractivity contribution in [3.8, 4) is 0 Å². The fraction of sp³-hybridized carbons (Fsp3) is 0.524. The number of rotatable bonds is 5. The molecule has 3 rings (SSSR count). The number of carbonyl (C=O) groups is 1. The quantitative estimate of drug-likeness (QED) is 0.823. The van der Waals surface area contributed by atoms with Crippen LogP contribution in [0.4, 0.5) is 5.69 Å². The van der Waals surface area contributed by atoms with E-state index in [0.29, 0.717) is 11.8 Å². The highest BCUT2D eigenvalue weighted by atomic mass is 16.2. The molecule has 1 fully saturated rings. The van der Waals surface area contributed by atoms with E-state index in [1.807, 2.05) is 54.4 Å². The van der Waals surface area contributed by atoms with Gasteiger partial charge in [-0.05, 0) is 37.0 Å². The smallest absolute Gasteiger partial charge is 0.253 e. The number of amides is 1. The fourth-order valence-corrected chi connectivity index (χ4v) is 3.67. The molecule has 1 saturated heterocycles. The van der Waals surface area contributed by atoms with Gasteiger partial charge in [-0.25, -0.2) is 4.98 Å². The molecule has 0 aliphatic carbocycles. The van der Waals surface area contributed by atoms with E-state index in [2.05, 4.69) is 29.6 Å². The minimum Gasteiger partial charge on any atom is -0.378 e. The Morgan fingerprint density at radius 2 is 2.00 bits per heavy atom. The van der Waals surface area contributed by atoms with Crippen LogP contribution in [-0.4, -0.2) is 47.5 Å². The van der Waals surface area contributed by atoms with Gasteiger partial charge in [0.25, 0.3) is 5.91 Å². The minimum absolute atomic E-state index is 0.151. The van der Waals surface area contributed by atoms with Crippen LogP contribution in [0.15, 0.2) is 36.7 Å². The van der Waals surface area contributed by atoms with Gasteiger partial charge in [0.05, 0.1) is 0 Å². The number of likely N-dealkylation sites (tertiary alicyclic amines) is 1. The van der Waals surface area contributed by atoms with Crippen molar-refractivity contribution in [3.05, 3.63) is 48.0 Å². The topological polar surface area (TPSA) is 41.4 Å². The van der Waals surface area contributed by atoms with Gasteiger partial charge in [0.2, 0.25) is 0 Å². The second kappa shape index (κ2) is 7.94. The monoisotopic (exact) mass is 354 g/mol. The summed E-state index contributed by atoms with van der Waals surface area (Å²) in [4.78, 5) is 21.3. The van der Waals surface area contributed by atoms with Crippen molar-refractivity contribution >= 4 is 11.6 Å². The Hall–Kier alpha value is -2.30. The number of nitrogens with zero attached hydrogens (tertiary/aromatic N) is 4. The van der Waals surface area contributed by atoms with Crippen LogP contribution in [0.25, 0.3) is 0 Å². The molecule has 0 N–H and O–H groups in total. The third kappa shape index (κ3) is 4.09. The van der Waals surface area contributed by atoms with Gasteiger partial charge < -0.3 is 14.4 Å². The molecule has 0 unspecified atom stereocenters. The largest absolute Gasteiger partial charge is 0.378 e. The van der Waals surface area contributed by atoms with E-state index >= 15 is 0 Å². The Balaban J connectivity index is 1.59. The molecule has 0 saturated carbocycles. The van der Waals surface area contributed by atoms with Crippen LogP contribution in [0.3, 0.4) is 0 Å². The van der Waals surface area contributed by atoms with Crippen molar-refractivity contribution in [2.24, 2.45) is 5.92 Å². The third-order valence-electron chi connectivity index (χ3n) is 5.23. The van der Waals surface area contributed by atoms with E-state index in [-0.39, 0.29) is 5.91 Å². The first-order chi connectivity index (χ1) is 12.5. The predicted molar refractivity (Wildman–Crippen MR) is 106 cm³/mol. The second-order valence-corrected chi connectivity index (χ2v) is 7.77. The lowest BCUT2D eigenvalue weighted by molar-refractivity contribution is 0.0682. The molecule has 1 amide bonds. The normalized spacial score (nSPS) is 15.5. The fourth-order valence-electron chi connectivity index (χ4n) is 3.67. The molecule has 5 heteroatoms. The van der Waals surface area contributed by atoms with Gasteiger partial charge in [-0.2, -0.15) is 0 Å². The van der Waals surface area contributed by atoms with Gasteiger partial charge in [0, 0.05) is 63.3 Å². The summed E-state index contributed by atoms with van der Waals surface area (Å²) in [6, 6.07) is 7.89. The SMILES string of the molecule is CC(C)c1nccn1CC1CCN(C(=O)c2cccc(N(C)C)c2)CC1.